The Hall–Kier alpha value is -3.14. The number of likely N-dealkylation sites (N-methyl/N-ethyl adjacent to an activating group) is 1. The molecule has 0 aliphatic carbocycles. The second kappa shape index (κ2) is 8.42. The van der Waals surface area contributed by atoms with Crippen molar-refractivity contribution in [2.24, 2.45) is 5.92 Å². The van der Waals surface area contributed by atoms with E-state index in [9.17, 15) is 28.1 Å². The number of non-ortho nitro benzene ring substituents is 1. The molecule has 0 aromatic heterocycles. The molecule has 7 nitrogen and oxygen atoms in total. The highest BCUT2D eigenvalue weighted by Crippen LogP contribution is 2.37. The molecule has 0 spiro atoms. The third-order valence-electron chi connectivity index (χ3n) is 6.17. The zero-order valence-electron chi connectivity index (χ0n) is 17.4. The van der Waals surface area contributed by atoms with Gasteiger partial charge in [0.2, 0.25) is 5.91 Å². The molecule has 1 fully saturated rings. The Balaban J connectivity index is 1.56. The molecule has 1 amide bonds. The summed E-state index contributed by atoms with van der Waals surface area (Å²) in [6.45, 7) is 2.11. The fraction of sp³-hybridized carbons (Fsp3) is 0.409. The predicted octanol–water partition coefficient (Wildman–Crippen LogP) is 3.22. The molecule has 0 bridgehead atoms. The van der Waals surface area contributed by atoms with E-state index in [0.717, 1.165) is 29.9 Å². The topological polar surface area (TPSA) is 78.7 Å². The van der Waals surface area contributed by atoms with Gasteiger partial charge < -0.3 is 15.1 Å². The molecule has 4 rings (SSSR count). The summed E-state index contributed by atoms with van der Waals surface area (Å²) < 4.78 is 38.9. The number of nitro benzene ring substituents is 1. The Kier molecular flexibility index (Phi) is 5.81. The number of nitro groups is 1. The first kappa shape index (κ1) is 22.1. The molecule has 1 saturated heterocycles. The number of halogens is 3. The van der Waals surface area contributed by atoms with Gasteiger partial charge in [0.15, 0.2) is 0 Å². The van der Waals surface area contributed by atoms with Crippen LogP contribution in [0.3, 0.4) is 0 Å². The van der Waals surface area contributed by atoms with Crippen molar-refractivity contribution in [3.05, 3.63) is 69.3 Å². The van der Waals surface area contributed by atoms with Crippen LogP contribution in [0.5, 0.6) is 0 Å². The third-order valence-corrected chi connectivity index (χ3v) is 6.17. The fourth-order valence-electron chi connectivity index (χ4n) is 4.54. The van der Waals surface area contributed by atoms with Crippen molar-refractivity contribution in [2.75, 3.05) is 31.6 Å². The number of benzene rings is 2. The van der Waals surface area contributed by atoms with Crippen molar-refractivity contribution in [1.82, 2.24) is 10.2 Å². The summed E-state index contributed by atoms with van der Waals surface area (Å²) in [5.74, 6) is -0.747. The number of amides is 1. The molecule has 170 valence electrons. The standard InChI is InChI=1S/C22H23F3N4O3/c1-27-7-8-28-19-6-5-17(29(31)32)10-15(19)11-18(20(28)13-27)21(30)26-12-14-3-2-4-16(9-14)22(23,24)25/h2-6,9-10,18,20H,7-8,11-13H2,1H3,(H,26,30)/t18-,20-/m0/s1. The second-order valence-corrected chi connectivity index (χ2v) is 8.32. The maximum absolute atomic E-state index is 13.1. The molecule has 0 saturated carbocycles. The molecule has 2 heterocycles. The molecule has 2 aliphatic rings. The van der Waals surface area contributed by atoms with Gasteiger partial charge in [0.1, 0.15) is 0 Å². The lowest BCUT2D eigenvalue weighted by Gasteiger charge is -2.48. The van der Waals surface area contributed by atoms with E-state index in [-0.39, 0.29) is 24.2 Å². The summed E-state index contributed by atoms with van der Waals surface area (Å²) in [6, 6.07) is 9.48. The Bertz CT molecular complexity index is 1040. The van der Waals surface area contributed by atoms with Crippen molar-refractivity contribution >= 4 is 17.3 Å². The Morgan fingerprint density at radius 1 is 1.22 bits per heavy atom. The first-order chi connectivity index (χ1) is 15.1. The number of hydrogen-bond donors (Lipinski definition) is 1. The number of alkyl halides is 3. The minimum absolute atomic E-state index is 0.0242. The average molecular weight is 448 g/mol. The van der Waals surface area contributed by atoms with Crippen LogP contribution in [0.2, 0.25) is 0 Å². The van der Waals surface area contributed by atoms with Gasteiger partial charge in [-0.1, -0.05) is 12.1 Å². The van der Waals surface area contributed by atoms with E-state index in [1.54, 1.807) is 6.07 Å². The number of carbonyl (C=O) groups excluding carboxylic acids is 1. The molecule has 0 radical (unpaired) electrons. The summed E-state index contributed by atoms with van der Waals surface area (Å²) in [5, 5.41) is 14.0. The molecular weight excluding hydrogens is 425 g/mol. The van der Waals surface area contributed by atoms with Crippen molar-refractivity contribution in [3.8, 4) is 0 Å². The van der Waals surface area contributed by atoms with Gasteiger partial charge in [-0.05, 0) is 42.8 Å². The number of nitrogens with one attached hydrogen (secondary N) is 1. The van der Waals surface area contributed by atoms with Gasteiger partial charge in [-0.3, -0.25) is 14.9 Å². The minimum Gasteiger partial charge on any atom is -0.365 e. The lowest BCUT2D eigenvalue weighted by Crippen LogP contribution is -2.60. The zero-order chi connectivity index (χ0) is 23.0. The third kappa shape index (κ3) is 4.40. The quantitative estimate of drug-likeness (QED) is 0.574. The first-order valence-electron chi connectivity index (χ1n) is 10.3. The molecule has 2 aliphatic heterocycles. The summed E-state index contributed by atoms with van der Waals surface area (Å²) >= 11 is 0. The molecule has 2 aromatic carbocycles. The van der Waals surface area contributed by atoms with Gasteiger partial charge in [0, 0.05) is 44.0 Å². The highest BCUT2D eigenvalue weighted by Gasteiger charge is 2.41. The van der Waals surface area contributed by atoms with E-state index >= 15 is 0 Å². The summed E-state index contributed by atoms with van der Waals surface area (Å²) in [5.41, 5.74) is 1.20. The average Bonchev–Trinajstić information content (AvgIpc) is 2.75. The van der Waals surface area contributed by atoms with E-state index in [1.807, 2.05) is 7.05 Å². The predicted molar refractivity (Wildman–Crippen MR) is 112 cm³/mol. The SMILES string of the molecule is CN1CCN2c3ccc([N+](=O)[O-])cc3C[C@H](C(=O)NCc3cccc(C(F)(F)F)c3)[C@@H]2C1. The van der Waals surface area contributed by atoms with Crippen molar-refractivity contribution in [1.29, 1.82) is 0 Å². The molecular formula is C22H23F3N4O3. The van der Waals surface area contributed by atoms with Crippen LogP contribution < -0.4 is 10.2 Å². The van der Waals surface area contributed by atoms with Crippen LogP contribution in [0.1, 0.15) is 16.7 Å². The van der Waals surface area contributed by atoms with Crippen LogP contribution in [0.4, 0.5) is 24.5 Å². The van der Waals surface area contributed by atoms with Crippen molar-refractivity contribution in [3.63, 3.8) is 0 Å². The largest absolute Gasteiger partial charge is 0.416 e. The number of hydrogen-bond acceptors (Lipinski definition) is 5. The van der Waals surface area contributed by atoms with Crippen molar-refractivity contribution in [2.45, 2.75) is 25.2 Å². The lowest BCUT2D eigenvalue weighted by molar-refractivity contribution is -0.384. The maximum Gasteiger partial charge on any atom is 0.416 e. The summed E-state index contributed by atoms with van der Waals surface area (Å²) in [7, 11) is 1.97. The molecule has 32 heavy (non-hydrogen) atoms. The fourth-order valence-corrected chi connectivity index (χ4v) is 4.54. The highest BCUT2D eigenvalue weighted by atomic mass is 19.4. The second-order valence-electron chi connectivity index (χ2n) is 8.32. The lowest BCUT2D eigenvalue weighted by atomic mass is 9.83. The number of piperazine rings is 1. The van der Waals surface area contributed by atoms with Crippen molar-refractivity contribution < 1.29 is 22.9 Å². The Labute approximate surface area is 183 Å². The maximum atomic E-state index is 13.1. The monoisotopic (exact) mass is 448 g/mol. The van der Waals surface area contributed by atoms with Gasteiger partial charge in [-0.15, -0.1) is 0 Å². The van der Waals surface area contributed by atoms with Gasteiger partial charge in [0.25, 0.3) is 5.69 Å². The van der Waals surface area contributed by atoms with Gasteiger partial charge in [-0.2, -0.15) is 13.2 Å². The van der Waals surface area contributed by atoms with Crippen LogP contribution in [-0.4, -0.2) is 48.5 Å². The van der Waals surface area contributed by atoms with Gasteiger partial charge in [0.05, 0.1) is 22.4 Å². The number of anilines is 1. The summed E-state index contributed by atoms with van der Waals surface area (Å²) in [6.07, 6.45) is -4.12. The van der Waals surface area contributed by atoms with Crippen LogP contribution in [0, 0.1) is 16.0 Å². The van der Waals surface area contributed by atoms with E-state index in [1.165, 1.54) is 24.3 Å². The highest BCUT2D eigenvalue weighted by molar-refractivity contribution is 5.82. The van der Waals surface area contributed by atoms with Gasteiger partial charge in [-0.25, -0.2) is 0 Å². The summed E-state index contributed by atoms with van der Waals surface area (Å²) in [4.78, 5) is 28.1. The van der Waals surface area contributed by atoms with E-state index in [4.69, 9.17) is 0 Å². The van der Waals surface area contributed by atoms with Crippen LogP contribution in [0.25, 0.3) is 0 Å². The zero-order valence-corrected chi connectivity index (χ0v) is 17.4. The normalized spacial score (nSPS) is 20.9. The van der Waals surface area contributed by atoms with E-state index in [0.29, 0.717) is 25.1 Å². The molecule has 2 aromatic rings. The Morgan fingerprint density at radius 2 is 2.00 bits per heavy atom. The molecule has 0 unspecified atom stereocenters. The molecule has 2 atom stereocenters. The van der Waals surface area contributed by atoms with E-state index < -0.39 is 22.6 Å². The van der Waals surface area contributed by atoms with Crippen LogP contribution in [0.15, 0.2) is 42.5 Å². The minimum atomic E-state index is -4.45. The van der Waals surface area contributed by atoms with Crippen LogP contribution >= 0.6 is 0 Å². The van der Waals surface area contributed by atoms with Gasteiger partial charge >= 0.3 is 6.18 Å². The number of nitrogens with zero attached hydrogens (tertiary/aromatic N) is 3. The Morgan fingerprint density at radius 3 is 2.72 bits per heavy atom. The first-order valence-corrected chi connectivity index (χ1v) is 10.3. The van der Waals surface area contributed by atoms with E-state index in [2.05, 4.69) is 15.1 Å². The smallest absolute Gasteiger partial charge is 0.365 e. The number of rotatable bonds is 4. The molecule has 1 N–H and O–H groups in total. The number of carbonyl (C=O) groups is 1. The molecule has 10 heteroatoms. The number of fused-ring (bicyclic) bond motifs is 3. The van der Waals surface area contributed by atoms with Crippen LogP contribution in [-0.2, 0) is 23.9 Å².